The maximum atomic E-state index is 3.67. The largest absolute Gasteiger partial charge is 0.356 e. The van der Waals surface area contributed by atoms with E-state index in [1.54, 1.807) is 0 Å². The van der Waals surface area contributed by atoms with Gasteiger partial charge in [0, 0.05) is 22.7 Å². The van der Waals surface area contributed by atoms with Gasteiger partial charge in [-0.2, -0.15) is 0 Å². The third kappa shape index (κ3) is 10.4. The summed E-state index contributed by atoms with van der Waals surface area (Å²) in [6.07, 6.45) is 12.2. The first-order chi connectivity index (χ1) is 28.5. The number of anilines is 4. The number of aryl methyl sites for hydroxylation is 4. The molecule has 0 spiro atoms. The van der Waals surface area contributed by atoms with Gasteiger partial charge in [0.25, 0.3) is 0 Å². The first kappa shape index (κ1) is 40.3. The van der Waals surface area contributed by atoms with E-state index in [0.29, 0.717) is 0 Å². The quantitative estimate of drug-likeness (QED) is 0.0851. The molecule has 58 heavy (non-hydrogen) atoms. The van der Waals surface area contributed by atoms with Crippen molar-refractivity contribution in [2.45, 2.75) is 91.9 Å². The second-order valence-corrected chi connectivity index (χ2v) is 16.0. The molecular formula is C56H60N2. The normalized spacial score (nSPS) is 11.1. The van der Waals surface area contributed by atoms with Crippen molar-refractivity contribution in [2.75, 3.05) is 10.6 Å². The highest BCUT2D eigenvalue weighted by Crippen LogP contribution is 2.37. The third-order valence-electron chi connectivity index (χ3n) is 11.5. The molecule has 294 valence electrons. The molecule has 2 heteroatoms. The predicted octanol–water partition coefficient (Wildman–Crippen LogP) is 16.7. The third-order valence-corrected chi connectivity index (χ3v) is 11.5. The van der Waals surface area contributed by atoms with Gasteiger partial charge in [0.15, 0.2) is 0 Å². The molecule has 2 nitrogen and oxygen atoms in total. The van der Waals surface area contributed by atoms with Gasteiger partial charge in [0.1, 0.15) is 0 Å². The second kappa shape index (κ2) is 20.0. The molecular weight excluding hydrogens is 701 g/mol. The summed E-state index contributed by atoms with van der Waals surface area (Å²) < 4.78 is 0. The predicted molar refractivity (Wildman–Crippen MR) is 253 cm³/mol. The van der Waals surface area contributed by atoms with E-state index in [1.165, 1.54) is 118 Å². The van der Waals surface area contributed by atoms with Crippen LogP contribution in [0, 0.1) is 13.8 Å². The van der Waals surface area contributed by atoms with Crippen molar-refractivity contribution in [3.63, 3.8) is 0 Å². The summed E-state index contributed by atoms with van der Waals surface area (Å²) >= 11 is 0. The number of unbranched alkanes of at least 4 members (excludes halogenated alkanes) is 6. The van der Waals surface area contributed by atoms with Gasteiger partial charge in [-0.1, -0.05) is 162 Å². The lowest BCUT2D eigenvalue weighted by Gasteiger charge is -2.19. The lowest BCUT2D eigenvalue weighted by Crippen LogP contribution is -1.99. The zero-order valence-corrected chi connectivity index (χ0v) is 35.1. The molecule has 0 bridgehead atoms. The average molecular weight is 761 g/mol. The van der Waals surface area contributed by atoms with Crippen molar-refractivity contribution in [1.82, 2.24) is 0 Å². The fourth-order valence-corrected chi connectivity index (χ4v) is 8.29. The summed E-state index contributed by atoms with van der Waals surface area (Å²) in [7, 11) is 0. The van der Waals surface area contributed by atoms with Gasteiger partial charge in [0.05, 0.1) is 0 Å². The number of benzene rings is 7. The Bertz CT molecular complexity index is 2190. The lowest BCUT2D eigenvalue weighted by molar-refractivity contribution is 0.664. The molecule has 0 aromatic heterocycles. The van der Waals surface area contributed by atoms with Crippen LogP contribution in [-0.4, -0.2) is 0 Å². The summed E-state index contributed by atoms with van der Waals surface area (Å²) in [5.74, 6) is 0. The molecule has 0 saturated carbocycles. The maximum absolute atomic E-state index is 3.67. The van der Waals surface area contributed by atoms with E-state index in [9.17, 15) is 0 Å². The lowest BCUT2D eigenvalue weighted by atomic mass is 9.87. The molecule has 0 heterocycles. The Kier molecular flexibility index (Phi) is 13.9. The fraction of sp³-hybridized carbons (Fsp3) is 0.250. The Morgan fingerprint density at radius 3 is 1.05 bits per heavy atom. The Morgan fingerprint density at radius 2 is 0.690 bits per heavy atom. The summed E-state index contributed by atoms with van der Waals surface area (Å²) in [5.41, 5.74) is 20.3. The van der Waals surface area contributed by atoms with Gasteiger partial charge in [-0.05, 0) is 155 Å². The van der Waals surface area contributed by atoms with Crippen LogP contribution in [0.15, 0.2) is 158 Å². The zero-order valence-electron chi connectivity index (χ0n) is 35.1. The van der Waals surface area contributed by atoms with Gasteiger partial charge in [-0.15, -0.1) is 0 Å². The molecule has 2 N–H and O–H groups in total. The van der Waals surface area contributed by atoms with Crippen molar-refractivity contribution < 1.29 is 0 Å². The zero-order chi connectivity index (χ0) is 40.1. The highest BCUT2D eigenvalue weighted by Gasteiger charge is 2.15. The minimum absolute atomic E-state index is 1.09. The molecule has 0 fully saturated rings. The topological polar surface area (TPSA) is 24.1 Å². The Balaban J connectivity index is 1.15. The minimum atomic E-state index is 1.09. The van der Waals surface area contributed by atoms with E-state index >= 15 is 0 Å². The van der Waals surface area contributed by atoms with Crippen molar-refractivity contribution in [1.29, 1.82) is 0 Å². The van der Waals surface area contributed by atoms with Crippen LogP contribution in [0.5, 0.6) is 0 Å². The van der Waals surface area contributed by atoms with Crippen LogP contribution < -0.4 is 10.6 Å². The highest BCUT2D eigenvalue weighted by molar-refractivity contribution is 5.80. The van der Waals surface area contributed by atoms with Gasteiger partial charge in [0.2, 0.25) is 0 Å². The molecule has 0 unspecified atom stereocenters. The maximum Gasteiger partial charge on any atom is 0.0387 e. The summed E-state index contributed by atoms with van der Waals surface area (Å²) in [6.45, 7) is 8.98. The van der Waals surface area contributed by atoms with Crippen LogP contribution in [0.25, 0.3) is 44.5 Å². The van der Waals surface area contributed by atoms with Crippen LogP contribution in [0.3, 0.4) is 0 Å². The SMILES string of the molecule is CCCCCCc1cc(-c2ccc(Nc3ccc(-c4ccccc4)c(C)c3)cc2)c(CCCCCC)cc1-c1ccc(Nc2ccc(-c3ccccc3)c(C)c2)cc1. The van der Waals surface area contributed by atoms with E-state index < -0.39 is 0 Å². The van der Waals surface area contributed by atoms with E-state index in [2.05, 4.69) is 196 Å². The van der Waals surface area contributed by atoms with Crippen LogP contribution in [0.2, 0.25) is 0 Å². The molecule has 0 atom stereocenters. The molecule has 7 rings (SSSR count). The summed E-state index contributed by atoms with van der Waals surface area (Å²) in [4.78, 5) is 0. The van der Waals surface area contributed by atoms with Crippen LogP contribution >= 0.6 is 0 Å². The first-order valence-corrected chi connectivity index (χ1v) is 21.7. The van der Waals surface area contributed by atoms with E-state index in [-0.39, 0.29) is 0 Å². The van der Waals surface area contributed by atoms with Gasteiger partial charge >= 0.3 is 0 Å². The smallest absolute Gasteiger partial charge is 0.0387 e. The first-order valence-electron chi connectivity index (χ1n) is 21.7. The van der Waals surface area contributed by atoms with Gasteiger partial charge in [-0.3, -0.25) is 0 Å². The van der Waals surface area contributed by atoms with Crippen molar-refractivity contribution in [3.8, 4) is 44.5 Å². The number of hydrogen-bond donors (Lipinski definition) is 2. The Labute approximate surface area is 348 Å². The van der Waals surface area contributed by atoms with Gasteiger partial charge < -0.3 is 10.6 Å². The molecule has 0 saturated heterocycles. The fourth-order valence-electron chi connectivity index (χ4n) is 8.29. The summed E-state index contributed by atoms with van der Waals surface area (Å²) in [5, 5.41) is 7.35. The van der Waals surface area contributed by atoms with Gasteiger partial charge in [-0.25, -0.2) is 0 Å². The van der Waals surface area contributed by atoms with Crippen LogP contribution in [0.1, 0.15) is 87.5 Å². The molecule has 0 amide bonds. The molecule has 7 aromatic rings. The molecule has 0 aliphatic rings. The Morgan fingerprint density at radius 1 is 0.328 bits per heavy atom. The van der Waals surface area contributed by atoms with Crippen molar-refractivity contribution in [3.05, 3.63) is 180 Å². The number of rotatable bonds is 18. The molecule has 0 aliphatic carbocycles. The molecule has 7 aromatic carbocycles. The average Bonchev–Trinajstić information content (AvgIpc) is 3.25. The minimum Gasteiger partial charge on any atom is -0.356 e. The van der Waals surface area contributed by atoms with Crippen molar-refractivity contribution in [2.24, 2.45) is 0 Å². The molecule has 0 aliphatic heterocycles. The Hall–Kier alpha value is -5.86. The number of nitrogens with one attached hydrogen (secondary N) is 2. The van der Waals surface area contributed by atoms with Crippen molar-refractivity contribution >= 4 is 22.7 Å². The molecule has 0 radical (unpaired) electrons. The summed E-state index contributed by atoms with van der Waals surface area (Å²) in [6, 6.07) is 57.9. The van der Waals surface area contributed by atoms with Crippen LogP contribution in [-0.2, 0) is 12.8 Å². The highest BCUT2D eigenvalue weighted by atomic mass is 14.9. The monoisotopic (exact) mass is 760 g/mol. The standard InChI is InChI=1S/C56H60N2/c1-5-7-9-13-23-47-39-56(46-27-31-50(32-28-46)58-52-34-36-54(42(4)38-52)44-21-17-12-18-22-44)48(24-14-10-8-6-2)40-55(47)45-25-29-49(30-26-45)57-51-33-35-53(41(3)37-51)43-19-15-11-16-20-43/h11-12,15-22,25-40,57-58H,5-10,13-14,23-24H2,1-4H3. The number of hydrogen-bond acceptors (Lipinski definition) is 2. The second-order valence-electron chi connectivity index (χ2n) is 16.0. The van der Waals surface area contributed by atoms with E-state index in [0.717, 1.165) is 35.6 Å². The van der Waals surface area contributed by atoms with Crippen LogP contribution in [0.4, 0.5) is 22.7 Å². The van der Waals surface area contributed by atoms with E-state index in [1.807, 2.05) is 0 Å². The van der Waals surface area contributed by atoms with E-state index in [4.69, 9.17) is 0 Å².